The predicted octanol–water partition coefficient (Wildman–Crippen LogP) is 2.77. The fourth-order valence-electron chi connectivity index (χ4n) is 4.26. The van der Waals surface area contributed by atoms with Gasteiger partial charge in [-0.2, -0.15) is 5.10 Å². The number of ether oxygens (including phenoxy) is 1. The van der Waals surface area contributed by atoms with E-state index in [1.807, 2.05) is 50.2 Å². The van der Waals surface area contributed by atoms with E-state index in [2.05, 4.69) is 20.1 Å². The fourth-order valence-corrected chi connectivity index (χ4v) is 4.26. The number of nitrogens with zero attached hydrogens (tertiary/aromatic N) is 6. The normalized spacial score (nSPS) is 11.4. The van der Waals surface area contributed by atoms with Crippen molar-refractivity contribution in [2.75, 3.05) is 0 Å². The molecule has 0 aliphatic heterocycles. The van der Waals surface area contributed by atoms with Crippen molar-refractivity contribution in [3.63, 3.8) is 0 Å². The molecule has 0 unspecified atom stereocenters. The molecule has 0 fully saturated rings. The molecule has 0 saturated carbocycles. The number of aromatic amines is 1. The average Bonchev–Trinajstić information content (AvgIpc) is 3.49. The second-order valence-electron chi connectivity index (χ2n) is 8.27. The topological polar surface area (TPSA) is 129 Å². The van der Waals surface area contributed by atoms with Crippen LogP contribution in [0.1, 0.15) is 42.9 Å². The maximum absolute atomic E-state index is 13.0. The van der Waals surface area contributed by atoms with E-state index in [1.165, 1.54) is 10.8 Å². The zero-order chi connectivity index (χ0) is 25.2. The number of esters is 1. The number of unbranched alkanes of at least 4 members (excludes halogenated alkanes) is 1. The number of aryl methyl sites for hydroxylation is 2. The third kappa shape index (κ3) is 3.98. The minimum atomic E-state index is -0.616. The summed E-state index contributed by atoms with van der Waals surface area (Å²) in [6, 6.07) is 11.5. The predicted molar refractivity (Wildman–Crippen MR) is 133 cm³/mol. The number of aromatic nitrogens is 7. The summed E-state index contributed by atoms with van der Waals surface area (Å²) in [6.07, 6.45) is 4.68. The molecule has 0 atom stereocenters. The number of fused-ring (bicyclic) bond motifs is 2. The molecule has 184 valence electrons. The molecular formula is C25H25N7O4. The Balaban J connectivity index is 1.47. The molecule has 1 N–H and O–H groups in total. The van der Waals surface area contributed by atoms with Gasteiger partial charge < -0.3 is 9.30 Å². The minimum absolute atomic E-state index is 0.182. The molecule has 0 amide bonds. The van der Waals surface area contributed by atoms with Crippen molar-refractivity contribution in [3.05, 3.63) is 81.0 Å². The van der Waals surface area contributed by atoms with Crippen molar-refractivity contribution in [3.8, 4) is 11.3 Å². The maximum Gasteiger partial charge on any atom is 0.344 e. The van der Waals surface area contributed by atoms with Crippen LogP contribution in [-0.4, -0.2) is 39.7 Å². The van der Waals surface area contributed by atoms with Crippen molar-refractivity contribution >= 4 is 22.8 Å². The fraction of sp³-hybridized carbons (Fsp3) is 0.280. The molecular weight excluding hydrogens is 462 g/mol. The van der Waals surface area contributed by atoms with E-state index in [-0.39, 0.29) is 23.3 Å². The summed E-state index contributed by atoms with van der Waals surface area (Å²) in [5.74, 6) is -0.244. The van der Waals surface area contributed by atoms with Crippen LogP contribution < -0.4 is 11.2 Å². The zero-order valence-corrected chi connectivity index (χ0v) is 20.0. The highest BCUT2D eigenvalue weighted by atomic mass is 16.5. The Kier molecular flexibility index (Phi) is 6.19. The summed E-state index contributed by atoms with van der Waals surface area (Å²) in [4.78, 5) is 49.2. The number of benzene rings is 1. The number of imidazole rings is 1. The first kappa shape index (κ1) is 23.2. The number of hydrogen-bond acceptors (Lipinski definition) is 7. The van der Waals surface area contributed by atoms with E-state index < -0.39 is 17.2 Å². The van der Waals surface area contributed by atoms with Gasteiger partial charge in [0.25, 0.3) is 5.56 Å². The van der Waals surface area contributed by atoms with E-state index in [9.17, 15) is 14.4 Å². The monoisotopic (exact) mass is 487 g/mol. The molecule has 5 aromatic rings. The third-order valence-corrected chi connectivity index (χ3v) is 6.04. The summed E-state index contributed by atoms with van der Waals surface area (Å²) in [7, 11) is 0. The number of carbonyl (C=O) groups excluding carboxylic acids is 1. The number of carbonyl (C=O) groups is 1. The van der Waals surface area contributed by atoms with Crippen LogP contribution in [0.3, 0.4) is 0 Å². The van der Waals surface area contributed by atoms with Crippen LogP contribution in [0.4, 0.5) is 0 Å². The summed E-state index contributed by atoms with van der Waals surface area (Å²) in [5, 5.41) is 4.35. The standard InChI is InChI=1S/C25H25N7O4/c1-3-5-13-31-22-20(23(33)29-25(31)35)30(4-2)19(28-22)15-36-24(34)17-14-27-32-18(11-12-26-21(17)32)16-9-7-6-8-10-16/h6-12,14H,3-5,13,15H2,1-2H3,(H,29,33,35). The lowest BCUT2D eigenvalue weighted by atomic mass is 10.1. The number of rotatable bonds is 8. The highest BCUT2D eigenvalue weighted by Crippen LogP contribution is 2.21. The van der Waals surface area contributed by atoms with Gasteiger partial charge >= 0.3 is 11.7 Å². The molecule has 11 heteroatoms. The van der Waals surface area contributed by atoms with Crippen molar-refractivity contribution in [1.29, 1.82) is 0 Å². The smallest absolute Gasteiger partial charge is 0.344 e. The van der Waals surface area contributed by atoms with Gasteiger partial charge in [0, 0.05) is 24.8 Å². The first-order valence-corrected chi connectivity index (χ1v) is 11.8. The molecule has 4 heterocycles. The average molecular weight is 488 g/mol. The Hall–Kier alpha value is -4.54. The Morgan fingerprint density at radius 3 is 2.61 bits per heavy atom. The SMILES string of the molecule is CCCCn1c(=O)[nH]c(=O)c2c1nc(COC(=O)c1cnn3c(-c4ccccc4)ccnc13)n2CC. The van der Waals surface area contributed by atoms with Gasteiger partial charge in [-0.3, -0.25) is 14.3 Å². The number of nitrogens with one attached hydrogen (secondary N) is 1. The summed E-state index contributed by atoms with van der Waals surface area (Å²) in [6.45, 7) is 4.53. The molecule has 0 saturated heterocycles. The molecule has 36 heavy (non-hydrogen) atoms. The van der Waals surface area contributed by atoms with E-state index in [4.69, 9.17) is 4.74 Å². The second kappa shape index (κ2) is 9.61. The third-order valence-electron chi connectivity index (χ3n) is 6.04. The van der Waals surface area contributed by atoms with Gasteiger partial charge in [0.05, 0.1) is 11.9 Å². The van der Waals surface area contributed by atoms with E-state index in [0.29, 0.717) is 24.6 Å². The van der Waals surface area contributed by atoms with Gasteiger partial charge in [-0.15, -0.1) is 0 Å². The van der Waals surface area contributed by atoms with Crippen molar-refractivity contribution in [2.24, 2.45) is 0 Å². The number of H-pyrrole nitrogens is 1. The summed E-state index contributed by atoms with van der Waals surface area (Å²) >= 11 is 0. The second-order valence-corrected chi connectivity index (χ2v) is 8.27. The molecule has 0 radical (unpaired) electrons. The van der Waals surface area contributed by atoms with Crippen LogP contribution in [0.2, 0.25) is 0 Å². The molecule has 0 aliphatic carbocycles. The van der Waals surface area contributed by atoms with Crippen LogP contribution in [-0.2, 0) is 24.4 Å². The Morgan fingerprint density at radius 2 is 1.86 bits per heavy atom. The van der Waals surface area contributed by atoms with Crippen LogP contribution in [0.5, 0.6) is 0 Å². The van der Waals surface area contributed by atoms with Crippen molar-refractivity contribution < 1.29 is 9.53 Å². The van der Waals surface area contributed by atoms with Crippen LogP contribution in [0.15, 0.2) is 58.4 Å². The van der Waals surface area contributed by atoms with Gasteiger partial charge in [0.15, 0.2) is 16.8 Å². The molecule has 0 spiro atoms. The van der Waals surface area contributed by atoms with Gasteiger partial charge in [-0.1, -0.05) is 43.7 Å². The lowest BCUT2D eigenvalue weighted by molar-refractivity contribution is 0.0460. The van der Waals surface area contributed by atoms with Crippen LogP contribution >= 0.6 is 0 Å². The Labute approximate surface area is 205 Å². The van der Waals surface area contributed by atoms with Gasteiger partial charge in [-0.25, -0.2) is 24.1 Å². The summed E-state index contributed by atoms with van der Waals surface area (Å²) < 4.78 is 10.3. The van der Waals surface area contributed by atoms with Crippen molar-refractivity contribution in [1.82, 2.24) is 33.7 Å². The van der Waals surface area contributed by atoms with Crippen molar-refractivity contribution in [2.45, 2.75) is 46.4 Å². The largest absolute Gasteiger partial charge is 0.454 e. The van der Waals surface area contributed by atoms with Gasteiger partial charge in [-0.05, 0) is 19.4 Å². The van der Waals surface area contributed by atoms with Crippen LogP contribution in [0, 0.1) is 0 Å². The van der Waals surface area contributed by atoms with E-state index in [0.717, 1.165) is 24.1 Å². The molecule has 5 rings (SSSR count). The molecule has 11 nitrogen and oxygen atoms in total. The van der Waals surface area contributed by atoms with Gasteiger partial charge in [0.2, 0.25) is 0 Å². The molecule has 0 bridgehead atoms. The first-order chi connectivity index (χ1) is 17.5. The number of hydrogen-bond donors (Lipinski definition) is 1. The maximum atomic E-state index is 13.0. The Bertz CT molecular complexity index is 1680. The molecule has 1 aromatic carbocycles. The lowest BCUT2D eigenvalue weighted by Crippen LogP contribution is -2.31. The highest BCUT2D eigenvalue weighted by molar-refractivity contribution is 5.96. The van der Waals surface area contributed by atoms with E-state index >= 15 is 0 Å². The summed E-state index contributed by atoms with van der Waals surface area (Å²) in [5.41, 5.74) is 1.85. The molecule has 4 aromatic heterocycles. The lowest BCUT2D eigenvalue weighted by Gasteiger charge is -2.07. The quantitative estimate of drug-likeness (QED) is 0.333. The first-order valence-electron chi connectivity index (χ1n) is 11.8. The van der Waals surface area contributed by atoms with Gasteiger partial charge in [0.1, 0.15) is 18.0 Å². The van der Waals surface area contributed by atoms with E-state index in [1.54, 1.807) is 15.3 Å². The highest BCUT2D eigenvalue weighted by Gasteiger charge is 2.21. The zero-order valence-electron chi connectivity index (χ0n) is 20.0. The Morgan fingerprint density at radius 1 is 1.06 bits per heavy atom. The molecule has 0 aliphatic rings. The minimum Gasteiger partial charge on any atom is -0.454 e. The van der Waals surface area contributed by atoms with Crippen LogP contribution in [0.25, 0.3) is 28.1 Å².